The lowest BCUT2D eigenvalue weighted by Crippen LogP contribution is -2.39. The second-order valence-corrected chi connectivity index (χ2v) is 6.08. The molecule has 5 nitrogen and oxygen atoms in total. The van der Waals surface area contributed by atoms with Crippen LogP contribution in [0.25, 0.3) is 0 Å². The molecule has 0 radical (unpaired) electrons. The van der Waals surface area contributed by atoms with Gasteiger partial charge in [-0.3, -0.25) is 4.79 Å². The number of halogens is 4. The smallest absolute Gasteiger partial charge is 0.483 e. The van der Waals surface area contributed by atoms with Gasteiger partial charge in [0.25, 0.3) is 5.91 Å². The third-order valence-electron chi connectivity index (χ3n) is 4.27. The van der Waals surface area contributed by atoms with Gasteiger partial charge in [0.15, 0.2) is 5.88 Å². The molecular formula is C18H20F4N2O3. The normalized spacial score (nSPS) is 16.2. The maximum Gasteiger partial charge on any atom is 0.573 e. The van der Waals surface area contributed by atoms with Crippen molar-refractivity contribution in [2.75, 3.05) is 20.2 Å². The molecule has 0 atom stereocenters. The zero-order valence-electron chi connectivity index (χ0n) is 14.7. The maximum absolute atomic E-state index is 14.1. The van der Waals surface area contributed by atoms with Crippen LogP contribution < -0.4 is 10.5 Å². The molecule has 148 valence electrons. The molecule has 1 amide bonds. The topological polar surface area (TPSA) is 64.8 Å². The van der Waals surface area contributed by atoms with Crippen LogP contribution in [0.4, 0.5) is 17.6 Å². The molecule has 0 saturated carbocycles. The van der Waals surface area contributed by atoms with Crippen molar-refractivity contribution in [3.05, 3.63) is 53.7 Å². The number of ether oxygens (including phenoxy) is 2. The molecule has 1 saturated heterocycles. The predicted octanol–water partition coefficient (Wildman–Crippen LogP) is 3.58. The molecule has 1 aromatic rings. The molecule has 2 N–H and O–H groups in total. The second kappa shape index (κ2) is 8.32. The van der Waals surface area contributed by atoms with Gasteiger partial charge in [-0.2, -0.15) is 0 Å². The number of rotatable bonds is 5. The number of amides is 1. The third-order valence-corrected chi connectivity index (χ3v) is 4.27. The number of nitrogens with zero attached hydrogens (tertiary/aromatic N) is 1. The van der Waals surface area contributed by atoms with Gasteiger partial charge in [0.05, 0.1) is 12.7 Å². The largest absolute Gasteiger partial charge is 0.573 e. The van der Waals surface area contributed by atoms with E-state index in [0.717, 1.165) is 17.7 Å². The number of methoxy groups -OCH3 is 1. The highest BCUT2D eigenvalue weighted by atomic mass is 19.4. The molecule has 9 heteroatoms. The van der Waals surface area contributed by atoms with E-state index < -0.39 is 23.8 Å². The van der Waals surface area contributed by atoms with Crippen LogP contribution in [0.2, 0.25) is 0 Å². The first-order valence-corrected chi connectivity index (χ1v) is 8.15. The van der Waals surface area contributed by atoms with Gasteiger partial charge >= 0.3 is 6.36 Å². The minimum absolute atomic E-state index is 0.107. The standard InChI is InChI=1S/C18H20F4N2O3/c1-11(9-16(23)26-2)12-5-7-24(8-6-12)17(25)14-4-3-13(10-15(14)19)27-18(20,21)22/h3-4,9-10,12H,1,5-8,23H2,2H3/b16-9-. The fraction of sp³-hybridized carbons (Fsp3) is 0.389. The molecule has 0 aromatic heterocycles. The number of allylic oxidation sites excluding steroid dienone is 2. The zero-order valence-corrected chi connectivity index (χ0v) is 14.7. The van der Waals surface area contributed by atoms with E-state index in [-0.39, 0.29) is 17.4 Å². The monoisotopic (exact) mass is 388 g/mol. The van der Waals surface area contributed by atoms with Crippen molar-refractivity contribution < 1.29 is 31.8 Å². The Morgan fingerprint density at radius 1 is 1.33 bits per heavy atom. The SMILES string of the molecule is C=C(/C=C(/N)OC)C1CCN(C(=O)c2ccc(OC(F)(F)F)cc2F)CC1. The van der Waals surface area contributed by atoms with Crippen LogP contribution in [0.1, 0.15) is 23.2 Å². The molecule has 27 heavy (non-hydrogen) atoms. The summed E-state index contributed by atoms with van der Waals surface area (Å²) in [6.07, 6.45) is -2.09. The van der Waals surface area contributed by atoms with E-state index >= 15 is 0 Å². The molecule has 0 unspecified atom stereocenters. The van der Waals surface area contributed by atoms with Gasteiger partial charge in [-0.1, -0.05) is 6.58 Å². The second-order valence-electron chi connectivity index (χ2n) is 6.08. The summed E-state index contributed by atoms with van der Waals surface area (Å²) in [4.78, 5) is 13.9. The van der Waals surface area contributed by atoms with Crippen LogP contribution in [0.15, 0.2) is 42.3 Å². The Hall–Kier alpha value is -2.71. The van der Waals surface area contributed by atoms with Crippen molar-refractivity contribution >= 4 is 5.91 Å². The highest BCUT2D eigenvalue weighted by Crippen LogP contribution is 2.28. The molecule has 0 spiro atoms. The average Bonchev–Trinajstić information content (AvgIpc) is 2.60. The number of alkyl halides is 3. The quantitative estimate of drug-likeness (QED) is 0.476. The molecular weight excluding hydrogens is 368 g/mol. The average molecular weight is 388 g/mol. The minimum atomic E-state index is -4.93. The molecule has 1 fully saturated rings. The van der Waals surface area contributed by atoms with Gasteiger partial charge in [-0.25, -0.2) is 4.39 Å². The number of nitrogens with two attached hydrogens (primary N) is 1. The van der Waals surface area contributed by atoms with E-state index in [1.165, 1.54) is 12.0 Å². The third kappa shape index (κ3) is 5.63. The van der Waals surface area contributed by atoms with Gasteiger partial charge < -0.3 is 20.1 Å². The molecule has 2 rings (SSSR count). The van der Waals surface area contributed by atoms with Crippen molar-refractivity contribution in [2.45, 2.75) is 19.2 Å². The van der Waals surface area contributed by atoms with Crippen molar-refractivity contribution in [1.82, 2.24) is 4.90 Å². The van der Waals surface area contributed by atoms with Crippen LogP contribution in [-0.4, -0.2) is 37.4 Å². The van der Waals surface area contributed by atoms with Crippen LogP contribution >= 0.6 is 0 Å². The minimum Gasteiger partial charge on any atom is -0.483 e. The Bertz CT molecular complexity index is 739. The van der Waals surface area contributed by atoms with E-state index in [0.29, 0.717) is 32.0 Å². The first-order chi connectivity index (χ1) is 12.6. The summed E-state index contributed by atoms with van der Waals surface area (Å²) >= 11 is 0. The Balaban J connectivity index is 2.00. The highest BCUT2D eigenvalue weighted by molar-refractivity contribution is 5.94. The van der Waals surface area contributed by atoms with Gasteiger partial charge in [-0.05, 0) is 36.5 Å². The first kappa shape index (κ1) is 20.6. The lowest BCUT2D eigenvalue weighted by molar-refractivity contribution is -0.274. The maximum atomic E-state index is 14.1. The van der Waals surface area contributed by atoms with Gasteiger partial charge in [0.2, 0.25) is 0 Å². The van der Waals surface area contributed by atoms with Gasteiger partial charge in [0.1, 0.15) is 11.6 Å². The van der Waals surface area contributed by atoms with E-state index in [4.69, 9.17) is 10.5 Å². The van der Waals surface area contributed by atoms with Crippen molar-refractivity contribution in [3.8, 4) is 5.75 Å². The number of likely N-dealkylation sites (tertiary alicyclic amines) is 1. The summed E-state index contributed by atoms with van der Waals surface area (Å²) in [5.41, 5.74) is 6.07. The van der Waals surface area contributed by atoms with Gasteiger partial charge in [-0.15, -0.1) is 13.2 Å². The summed E-state index contributed by atoms with van der Waals surface area (Å²) in [6, 6.07) is 2.45. The number of benzene rings is 1. The van der Waals surface area contributed by atoms with E-state index in [1.54, 1.807) is 6.08 Å². The predicted molar refractivity (Wildman–Crippen MR) is 90.1 cm³/mol. The van der Waals surface area contributed by atoms with Crippen LogP contribution in [0, 0.1) is 11.7 Å². The highest BCUT2D eigenvalue weighted by Gasteiger charge is 2.32. The Morgan fingerprint density at radius 2 is 1.96 bits per heavy atom. The summed E-state index contributed by atoms with van der Waals surface area (Å²) in [5, 5.41) is 0. The van der Waals surface area contributed by atoms with Crippen LogP contribution in [0.5, 0.6) is 5.75 Å². The number of carbonyl (C=O) groups is 1. The molecule has 1 heterocycles. The van der Waals surface area contributed by atoms with Crippen molar-refractivity contribution in [1.29, 1.82) is 0 Å². The number of piperidine rings is 1. The number of hydrogen-bond acceptors (Lipinski definition) is 4. The van der Waals surface area contributed by atoms with Crippen LogP contribution in [0.3, 0.4) is 0 Å². The zero-order chi connectivity index (χ0) is 20.2. The van der Waals surface area contributed by atoms with E-state index in [9.17, 15) is 22.4 Å². The lowest BCUT2D eigenvalue weighted by Gasteiger charge is -2.32. The van der Waals surface area contributed by atoms with E-state index in [2.05, 4.69) is 11.3 Å². The van der Waals surface area contributed by atoms with Crippen molar-refractivity contribution in [2.24, 2.45) is 11.7 Å². The van der Waals surface area contributed by atoms with E-state index in [1.807, 2.05) is 0 Å². The number of carbonyl (C=O) groups excluding carboxylic acids is 1. The van der Waals surface area contributed by atoms with Crippen LogP contribution in [-0.2, 0) is 4.74 Å². The molecule has 0 bridgehead atoms. The summed E-state index contributed by atoms with van der Waals surface area (Å²) in [7, 11) is 1.44. The number of hydrogen-bond donors (Lipinski definition) is 1. The fourth-order valence-corrected chi connectivity index (χ4v) is 2.85. The molecule has 1 aromatic carbocycles. The van der Waals surface area contributed by atoms with Crippen molar-refractivity contribution in [3.63, 3.8) is 0 Å². The molecule has 1 aliphatic heterocycles. The molecule has 0 aliphatic carbocycles. The summed E-state index contributed by atoms with van der Waals surface area (Å²) in [5.74, 6) is -2.02. The Kier molecular flexibility index (Phi) is 6.35. The Labute approximate surface area is 154 Å². The lowest BCUT2D eigenvalue weighted by atomic mass is 9.89. The molecule has 1 aliphatic rings. The first-order valence-electron chi connectivity index (χ1n) is 8.15. The summed E-state index contributed by atoms with van der Waals surface area (Å²) < 4.78 is 59.1. The fourth-order valence-electron chi connectivity index (χ4n) is 2.85. The summed E-state index contributed by atoms with van der Waals surface area (Å²) in [6.45, 7) is 4.67. The van der Waals surface area contributed by atoms with Gasteiger partial charge in [0, 0.05) is 25.2 Å². The Morgan fingerprint density at radius 3 is 2.48 bits per heavy atom.